The van der Waals surface area contributed by atoms with Crippen LogP contribution in [0.5, 0.6) is 0 Å². The third-order valence-electron chi connectivity index (χ3n) is 3.31. The Morgan fingerprint density at radius 3 is 2.76 bits per heavy atom. The van der Waals surface area contributed by atoms with E-state index in [0.717, 1.165) is 32.7 Å². The van der Waals surface area contributed by atoms with Crippen molar-refractivity contribution in [3.8, 4) is 0 Å². The van der Waals surface area contributed by atoms with Crippen LogP contribution in [0.25, 0.3) is 0 Å². The maximum absolute atomic E-state index is 11.6. The second kappa shape index (κ2) is 7.63. The molecule has 0 aromatic heterocycles. The molecule has 0 radical (unpaired) electrons. The van der Waals surface area contributed by atoms with Gasteiger partial charge in [0.25, 0.3) is 0 Å². The number of rotatable bonds is 6. The molecule has 1 saturated heterocycles. The van der Waals surface area contributed by atoms with Gasteiger partial charge in [0.1, 0.15) is 6.04 Å². The first-order valence-electron chi connectivity index (χ1n) is 6.34. The first-order valence-corrected chi connectivity index (χ1v) is 6.34. The second-order valence-corrected chi connectivity index (χ2v) is 4.18. The summed E-state index contributed by atoms with van der Waals surface area (Å²) in [6, 6.07) is -0.232. The summed E-state index contributed by atoms with van der Waals surface area (Å²) in [5.74, 6) is -0.191. The molecule has 1 rings (SSSR count). The van der Waals surface area contributed by atoms with Crippen LogP contribution < -0.4 is 0 Å². The number of morpholine rings is 1. The van der Waals surface area contributed by atoms with Crippen LogP contribution in [-0.2, 0) is 14.3 Å². The number of hydrogen-bond acceptors (Lipinski definition) is 5. The first kappa shape index (κ1) is 14.4. The van der Waals surface area contributed by atoms with E-state index in [4.69, 9.17) is 9.47 Å². The maximum Gasteiger partial charge on any atom is 0.325 e. The summed E-state index contributed by atoms with van der Waals surface area (Å²) < 4.78 is 10.1. The van der Waals surface area contributed by atoms with Gasteiger partial charge in [0, 0.05) is 19.6 Å². The predicted octanol–water partition coefficient (Wildman–Crippen LogP) is 0.202. The SMILES string of the molecule is CCN(CC)CCN1CCOCC1C(=O)OC. The van der Waals surface area contributed by atoms with Crippen molar-refractivity contribution in [1.82, 2.24) is 9.80 Å². The molecule has 0 aliphatic carbocycles. The quantitative estimate of drug-likeness (QED) is 0.625. The first-order chi connectivity index (χ1) is 8.22. The summed E-state index contributed by atoms with van der Waals surface area (Å²) in [5, 5.41) is 0. The zero-order valence-electron chi connectivity index (χ0n) is 11.1. The van der Waals surface area contributed by atoms with Crippen LogP contribution in [0.4, 0.5) is 0 Å². The van der Waals surface area contributed by atoms with Crippen LogP contribution in [0, 0.1) is 0 Å². The fourth-order valence-corrected chi connectivity index (χ4v) is 2.07. The van der Waals surface area contributed by atoms with E-state index >= 15 is 0 Å². The van der Waals surface area contributed by atoms with E-state index in [-0.39, 0.29) is 12.0 Å². The molecule has 5 heteroatoms. The van der Waals surface area contributed by atoms with E-state index in [9.17, 15) is 4.79 Å². The summed E-state index contributed by atoms with van der Waals surface area (Å²) in [4.78, 5) is 16.1. The van der Waals surface area contributed by atoms with E-state index < -0.39 is 0 Å². The Bertz CT molecular complexity index is 232. The normalized spacial score (nSPS) is 21.8. The molecule has 1 atom stereocenters. The molecule has 1 unspecified atom stereocenters. The fourth-order valence-electron chi connectivity index (χ4n) is 2.07. The third kappa shape index (κ3) is 4.26. The molecular weight excluding hydrogens is 220 g/mol. The van der Waals surface area contributed by atoms with Crippen LogP contribution in [0.15, 0.2) is 0 Å². The average Bonchev–Trinajstić information content (AvgIpc) is 2.39. The van der Waals surface area contributed by atoms with Gasteiger partial charge in [0.15, 0.2) is 0 Å². The van der Waals surface area contributed by atoms with Gasteiger partial charge in [-0.2, -0.15) is 0 Å². The lowest BCUT2D eigenvalue weighted by Gasteiger charge is -2.34. The second-order valence-electron chi connectivity index (χ2n) is 4.18. The highest BCUT2D eigenvalue weighted by atomic mass is 16.5. The average molecular weight is 244 g/mol. The lowest BCUT2D eigenvalue weighted by molar-refractivity contribution is -0.153. The summed E-state index contributed by atoms with van der Waals surface area (Å²) in [6.45, 7) is 10.2. The molecule has 100 valence electrons. The van der Waals surface area contributed by atoms with Gasteiger partial charge < -0.3 is 14.4 Å². The van der Waals surface area contributed by atoms with Crippen molar-refractivity contribution >= 4 is 5.97 Å². The molecule has 0 aromatic rings. The van der Waals surface area contributed by atoms with Crippen LogP contribution in [-0.4, -0.2) is 74.9 Å². The number of nitrogens with zero attached hydrogens (tertiary/aromatic N) is 2. The number of likely N-dealkylation sites (N-methyl/N-ethyl adjacent to an activating group) is 1. The molecule has 0 bridgehead atoms. The van der Waals surface area contributed by atoms with Crippen molar-refractivity contribution < 1.29 is 14.3 Å². The van der Waals surface area contributed by atoms with Crippen LogP contribution in [0.1, 0.15) is 13.8 Å². The van der Waals surface area contributed by atoms with Gasteiger partial charge in [-0.1, -0.05) is 13.8 Å². The number of esters is 1. The van der Waals surface area contributed by atoms with Gasteiger partial charge >= 0.3 is 5.97 Å². The van der Waals surface area contributed by atoms with Gasteiger partial charge in [-0.3, -0.25) is 9.69 Å². The van der Waals surface area contributed by atoms with E-state index in [0.29, 0.717) is 13.2 Å². The summed E-state index contributed by atoms with van der Waals surface area (Å²) in [5.41, 5.74) is 0. The van der Waals surface area contributed by atoms with E-state index in [2.05, 4.69) is 23.6 Å². The minimum Gasteiger partial charge on any atom is -0.468 e. The molecule has 1 aliphatic rings. The zero-order valence-corrected chi connectivity index (χ0v) is 11.1. The monoisotopic (exact) mass is 244 g/mol. The lowest BCUT2D eigenvalue weighted by Crippen LogP contribution is -2.52. The van der Waals surface area contributed by atoms with Gasteiger partial charge in [-0.05, 0) is 13.1 Å². The van der Waals surface area contributed by atoms with Gasteiger partial charge in [-0.25, -0.2) is 0 Å². The molecule has 1 heterocycles. The Morgan fingerprint density at radius 2 is 2.18 bits per heavy atom. The molecular formula is C12H24N2O3. The maximum atomic E-state index is 11.6. The summed E-state index contributed by atoms with van der Waals surface area (Å²) in [7, 11) is 1.43. The van der Waals surface area contributed by atoms with Crippen molar-refractivity contribution in [3.63, 3.8) is 0 Å². The largest absolute Gasteiger partial charge is 0.468 e. The molecule has 5 nitrogen and oxygen atoms in total. The molecule has 17 heavy (non-hydrogen) atoms. The van der Waals surface area contributed by atoms with Crippen LogP contribution in [0.3, 0.4) is 0 Å². The van der Waals surface area contributed by atoms with Crippen molar-refractivity contribution in [3.05, 3.63) is 0 Å². The smallest absolute Gasteiger partial charge is 0.325 e. The van der Waals surface area contributed by atoms with Gasteiger partial charge in [-0.15, -0.1) is 0 Å². The number of carbonyl (C=O) groups excluding carboxylic acids is 1. The van der Waals surface area contributed by atoms with Crippen molar-refractivity contribution in [1.29, 1.82) is 0 Å². The lowest BCUT2D eigenvalue weighted by atomic mass is 10.2. The Labute approximate surface area is 104 Å². The van der Waals surface area contributed by atoms with Crippen molar-refractivity contribution in [2.45, 2.75) is 19.9 Å². The van der Waals surface area contributed by atoms with Gasteiger partial charge in [0.05, 0.1) is 20.3 Å². The highest BCUT2D eigenvalue weighted by Crippen LogP contribution is 2.08. The standard InChI is InChI=1S/C12H24N2O3/c1-4-13(5-2)6-7-14-8-9-17-10-11(14)12(15)16-3/h11H,4-10H2,1-3H3. The number of hydrogen-bond donors (Lipinski definition) is 0. The number of carbonyl (C=O) groups is 1. The molecule has 0 spiro atoms. The van der Waals surface area contributed by atoms with Crippen LogP contribution >= 0.6 is 0 Å². The highest BCUT2D eigenvalue weighted by Gasteiger charge is 2.29. The zero-order chi connectivity index (χ0) is 12.7. The molecule has 0 amide bonds. The van der Waals surface area contributed by atoms with Gasteiger partial charge in [0.2, 0.25) is 0 Å². The molecule has 0 saturated carbocycles. The third-order valence-corrected chi connectivity index (χ3v) is 3.31. The summed E-state index contributed by atoms with van der Waals surface area (Å²) >= 11 is 0. The van der Waals surface area contributed by atoms with E-state index in [1.54, 1.807) is 0 Å². The number of ether oxygens (including phenoxy) is 2. The Balaban J connectivity index is 2.45. The van der Waals surface area contributed by atoms with E-state index in [1.807, 2.05) is 0 Å². The number of methoxy groups -OCH3 is 1. The van der Waals surface area contributed by atoms with Crippen molar-refractivity contribution in [2.24, 2.45) is 0 Å². The Morgan fingerprint density at radius 1 is 1.47 bits per heavy atom. The molecule has 1 fully saturated rings. The summed E-state index contributed by atoms with van der Waals surface area (Å²) in [6.07, 6.45) is 0. The Kier molecular flexibility index (Phi) is 6.47. The molecule has 1 aliphatic heterocycles. The molecule has 0 N–H and O–H groups in total. The predicted molar refractivity (Wildman–Crippen MR) is 66.0 cm³/mol. The van der Waals surface area contributed by atoms with E-state index in [1.165, 1.54) is 7.11 Å². The Hall–Kier alpha value is -0.650. The van der Waals surface area contributed by atoms with Crippen LogP contribution in [0.2, 0.25) is 0 Å². The molecule has 0 aromatic carbocycles. The van der Waals surface area contributed by atoms with Crippen molar-refractivity contribution in [2.75, 3.05) is 53.0 Å². The minimum atomic E-state index is -0.232. The highest BCUT2D eigenvalue weighted by molar-refractivity contribution is 5.75. The topological polar surface area (TPSA) is 42.0 Å². The fraction of sp³-hybridized carbons (Fsp3) is 0.917. The minimum absolute atomic E-state index is 0.191.